The normalized spacial score (nSPS) is 23.0. The Bertz CT molecular complexity index is 520. The highest BCUT2D eigenvalue weighted by atomic mass is 16.5. The average Bonchev–Trinajstić information content (AvgIpc) is 2.76. The molecule has 120 valence electrons. The van der Waals surface area contributed by atoms with Gasteiger partial charge in [-0.05, 0) is 24.5 Å². The second kappa shape index (κ2) is 7.22. The van der Waals surface area contributed by atoms with Crippen molar-refractivity contribution in [3.63, 3.8) is 0 Å². The monoisotopic (exact) mass is 304 g/mol. The highest BCUT2D eigenvalue weighted by Crippen LogP contribution is 2.27. The van der Waals surface area contributed by atoms with Crippen LogP contribution in [0.1, 0.15) is 18.4 Å². The number of aliphatic hydroxyl groups is 1. The Kier molecular flexibility index (Phi) is 5.08. The Hall–Kier alpha value is -1.43. The van der Waals surface area contributed by atoms with Gasteiger partial charge in [0.2, 0.25) is 5.91 Å². The summed E-state index contributed by atoms with van der Waals surface area (Å²) >= 11 is 0. The van der Waals surface area contributed by atoms with E-state index in [1.165, 1.54) is 5.56 Å². The highest BCUT2D eigenvalue weighted by molar-refractivity contribution is 5.94. The summed E-state index contributed by atoms with van der Waals surface area (Å²) in [4.78, 5) is 16.6. The van der Waals surface area contributed by atoms with Gasteiger partial charge in [-0.2, -0.15) is 0 Å². The van der Waals surface area contributed by atoms with Crippen LogP contribution in [-0.2, 0) is 16.0 Å². The van der Waals surface area contributed by atoms with Gasteiger partial charge in [-0.1, -0.05) is 18.2 Å². The minimum atomic E-state index is -0.451. The first kappa shape index (κ1) is 15.5. The number of anilines is 1. The smallest absolute Gasteiger partial charge is 0.228 e. The van der Waals surface area contributed by atoms with E-state index in [4.69, 9.17) is 4.74 Å². The molecule has 0 bridgehead atoms. The van der Waals surface area contributed by atoms with Crippen molar-refractivity contribution in [3.8, 4) is 0 Å². The zero-order valence-corrected chi connectivity index (χ0v) is 12.9. The number of carbonyl (C=O) groups excluding carboxylic acids is 1. The quantitative estimate of drug-likeness (QED) is 0.907. The number of carbonyl (C=O) groups is 1. The van der Waals surface area contributed by atoms with Crippen LogP contribution in [0.2, 0.25) is 0 Å². The van der Waals surface area contributed by atoms with E-state index in [9.17, 15) is 9.90 Å². The highest BCUT2D eigenvalue weighted by Gasteiger charge is 2.23. The third-order valence-corrected chi connectivity index (χ3v) is 4.38. The Morgan fingerprint density at radius 1 is 1.32 bits per heavy atom. The van der Waals surface area contributed by atoms with Crippen molar-refractivity contribution < 1.29 is 14.6 Å². The molecule has 1 fully saturated rings. The number of aliphatic hydroxyl groups excluding tert-OH is 1. The van der Waals surface area contributed by atoms with Crippen molar-refractivity contribution in [2.24, 2.45) is 0 Å². The molecule has 22 heavy (non-hydrogen) atoms. The van der Waals surface area contributed by atoms with E-state index in [1.54, 1.807) is 0 Å². The zero-order chi connectivity index (χ0) is 15.4. The number of hydrogen-bond acceptors (Lipinski definition) is 4. The molecule has 0 saturated carbocycles. The fourth-order valence-corrected chi connectivity index (χ4v) is 3.24. The average molecular weight is 304 g/mol. The molecular formula is C17H24N2O3. The molecule has 1 saturated heterocycles. The van der Waals surface area contributed by atoms with Gasteiger partial charge in [-0.25, -0.2) is 0 Å². The van der Waals surface area contributed by atoms with Crippen LogP contribution in [0.25, 0.3) is 0 Å². The lowest BCUT2D eigenvalue weighted by Gasteiger charge is -2.30. The molecule has 1 aromatic carbocycles. The Morgan fingerprint density at radius 3 is 3.09 bits per heavy atom. The van der Waals surface area contributed by atoms with Gasteiger partial charge < -0.3 is 14.7 Å². The largest absolute Gasteiger partial charge is 0.389 e. The lowest BCUT2D eigenvalue weighted by atomic mass is 10.0. The van der Waals surface area contributed by atoms with Crippen molar-refractivity contribution in [2.45, 2.75) is 25.4 Å². The number of rotatable bonds is 3. The fraction of sp³-hybridized carbons (Fsp3) is 0.588. The van der Waals surface area contributed by atoms with Crippen LogP contribution in [0.3, 0.4) is 0 Å². The first-order valence-corrected chi connectivity index (χ1v) is 8.10. The van der Waals surface area contributed by atoms with Crippen molar-refractivity contribution in [1.29, 1.82) is 0 Å². The van der Waals surface area contributed by atoms with Crippen LogP contribution in [0.15, 0.2) is 24.3 Å². The molecule has 5 heteroatoms. The predicted octanol–water partition coefficient (Wildman–Crippen LogP) is 1.05. The summed E-state index contributed by atoms with van der Waals surface area (Å²) in [7, 11) is 0. The van der Waals surface area contributed by atoms with Crippen molar-refractivity contribution in [3.05, 3.63) is 29.8 Å². The molecule has 5 nitrogen and oxygen atoms in total. The summed E-state index contributed by atoms with van der Waals surface area (Å²) in [5.41, 5.74) is 2.33. The molecule has 3 rings (SSSR count). The maximum absolute atomic E-state index is 12.6. The lowest BCUT2D eigenvalue weighted by Crippen LogP contribution is -2.39. The van der Waals surface area contributed by atoms with Crippen LogP contribution in [-0.4, -0.2) is 61.4 Å². The first-order valence-electron chi connectivity index (χ1n) is 8.10. The maximum atomic E-state index is 12.6. The Labute approximate surface area is 131 Å². The van der Waals surface area contributed by atoms with Crippen molar-refractivity contribution in [1.82, 2.24) is 4.90 Å². The summed E-state index contributed by atoms with van der Waals surface area (Å²) in [5.74, 6) is 0.173. The van der Waals surface area contributed by atoms with Gasteiger partial charge in [0, 0.05) is 38.3 Å². The van der Waals surface area contributed by atoms with Crippen molar-refractivity contribution >= 4 is 11.6 Å². The van der Waals surface area contributed by atoms with Crippen molar-refractivity contribution in [2.75, 3.05) is 44.3 Å². The van der Waals surface area contributed by atoms with E-state index in [2.05, 4.69) is 11.0 Å². The van der Waals surface area contributed by atoms with Gasteiger partial charge in [-0.15, -0.1) is 0 Å². The summed E-state index contributed by atoms with van der Waals surface area (Å²) in [6, 6.07) is 8.17. The second-order valence-electron chi connectivity index (χ2n) is 6.06. The number of para-hydroxylation sites is 1. The number of benzene rings is 1. The SMILES string of the molecule is O=C(CCN1CCOC[C@H](O)C1)N1CCCc2ccccc21. The Morgan fingerprint density at radius 2 is 2.18 bits per heavy atom. The second-order valence-corrected chi connectivity index (χ2v) is 6.06. The third kappa shape index (κ3) is 3.66. The number of aryl methyl sites for hydroxylation is 1. The third-order valence-electron chi connectivity index (χ3n) is 4.38. The number of β-amino-alcohol motifs (C(OH)–C–C–N with tert-alkyl or cyclic N) is 1. The molecule has 2 heterocycles. The molecule has 0 unspecified atom stereocenters. The molecule has 1 N–H and O–H groups in total. The topological polar surface area (TPSA) is 53.0 Å². The van der Waals surface area contributed by atoms with Gasteiger partial charge in [0.05, 0.1) is 19.3 Å². The van der Waals surface area contributed by atoms with E-state index in [-0.39, 0.29) is 5.91 Å². The fourth-order valence-electron chi connectivity index (χ4n) is 3.24. The summed E-state index contributed by atoms with van der Waals surface area (Å²) < 4.78 is 5.32. The van der Waals surface area contributed by atoms with Gasteiger partial charge >= 0.3 is 0 Å². The van der Waals surface area contributed by atoms with E-state index in [0.717, 1.165) is 31.6 Å². The van der Waals surface area contributed by atoms with E-state index >= 15 is 0 Å². The predicted molar refractivity (Wildman–Crippen MR) is 85.0 cm³/mol. The van der Waals surface area contributed by atoms with Crippen LogP contribution < -0.4 is 4.90 Å². The number of nitrogens with zero attached hydrogens (tertiary/aromatic N) is 2. The molecule has 2 aliphatic heterocycles. The van der Waals surface area contributed by atoms with Gasteiger partial charge in [-0.3, -0.25) is 9.69 Å². The summed E-state index contributed by atoms with van der Waals surface area (Å²) in [5, 5.41) is 9.74. The van der Waals surface area contributed by atoms with Crippen LogP contribution in [0.4, 0.5) is 5.69 Å². The Balaban J connectivity index is 1.58. The maximum Gasteiger partial charge on any atom is 0.228 e. The molecule has 0 radical (unpaired) electrons. The molecular weight excluding hydrogens is 280 g/mol. The number of fused-ring (bicyclic) bond motifs is 1. The summed E-state index contributed by atoms with van der Waals surface area (Å²) in [6.07, 6.45) is 2.11. The van der Waals surface area contributed by atoms with Gasteiger partial charge in [0.25, 0.3) is 0 Å². The van der Waals surface area contributed by atoms with E-state index in [0.29, 0.717) is 32.7 Å². The molecule has 0 aliphatic carbocycles. The molecule has 1 amide bonds. The first-order chi connectivity index (χ1) is 10.7. The van der Waals surface area contributed by atoms with Crippen LogP contribution >= 0.6 is 0 Å². The molecule has 0 aromatic heterocycles. The number of ether oxygens (including phenoxy) is 1. The molecule has 1 aromatic rings. The summed E-state index contributed by atoms with van der Waals surface area (Å²) in [6.45, 7) is 3.87. The molecule has 1 atom stereocenters. The molecule has 2 aliphatic rings. The minimum Gasteiger partial charge on any atom is -0.389 e. The lowest BCUT2D eigenvalue weighted by molar-refractivity contribution is -0.119. The number of hydrogen-bond donors (Lipinski definition) is 1. The standard InChI is InChI=1S/C17H24N2O3/c20-15-12-18(10-11-22-13-15)9-7-17(21)19-8-3-5-14-4-1-2-6-16(14)19/h1-2,4,6,15,20H,3,5,7-13H2/t15-/m1/s1. The zero-order valence-electron chi connectivity index (χ0n) is 12.9. The van der Waals surface area contributed by atoms with Crippen LogP contribution in [0, 0.1) is 0 Å². The van der Waals surface area contributed by atoms with E-state index < -0.39 is 6.10 Å². The minimum absolute atomic E-state index is 0.173. The van der Waals surface area contributed by atoms with Crippen LogP contribution in [0.5, 0.6) is 0 Å². The van der Waals surface area contributed by atoms with E-state index in [1.807, 2.05) is 23.1 Å². The van der Waals surface area contributed by atoms with Gasteiger partial charge in [0.15, 0.2) is 0 Å². The number of amides is 1. The van der Waals surface area contributed by atoms with Gasteiger partial charge in [0.1, 0.15) is 0 Å². The molecule has 0 spiro atoms.